The van der Waals surface area contributed by atoms with Gasteiger partial charge in [-0.05, 0) is 6.92 Å². The van der Waals surface area contributed by atoms with E-state index in [0.717, 1.165) is 10.8 Å². The van der Waals surface area contributed by atoms with Gasteiger partial charge in [-0.25, -0.2) is 18.5 Å². The minimum absolute atomic E-state index is 0.135. The van der Waals surface area contributed by atoms with Crippen LogP contribution in [0.5, 0.6) is 0 Å². The highest BCUT2D eigenvalue weighted by Gasteiger charge is 2.41. The Hall–Kier alpha value is -1.52. The number of aryl methyl sites for hydroxylation is 1. The maximum atomic E-state index is 12.1. The molecule has 21 heteroatoms. The highest BCUT2D eigenvalue weighted by Crippen LogP contribution is 2.66. The summed E-state index contributed by atoms with van der Waals surface area (Å²) in [5.74, 6) is -1.24. The van der Waals surface area contributed by atoms with Gasteiger partial charge < -0.3 is 29.4 Å². The number of aromatic amines is 1. The summed E-state index contributed by atoms with van der Waals surface area (Å²) in [4.78, 5) is 73.9. The highest BCUT2D eigenvalue weighted by molar-refractivity contribution is 7.66. The first kappa shape index (κ1) is 27.7. The van der Waals surface area contributed by atoms with E-state index in [4.69, 9.17) is 24.5 Å². The Morgan fingerprint density at radius 2 is 1.79 bits per heavy atom. The molecule has 188 valence electrons. The molecule has 2 heterocycles. The summed E-state index contributed by atoms with van der Waals surface area (Å²) < 4.78 is 52.2. The van der Waals surface area contributed by atoms with Crippen LogP contribution < -0.4 is 11.2 Å². The Balaban J connectivity index is 2.17. The number of carboxylic acids is 1. The molecule has 18 nitrogen and oxygen atoms in total. The van der Waals surface area contributed by atoms with Gasteiger partial charge in [0.15, 0.2) is 6.23 Å². The quantitative estimate of drug-likeness (QED) is 0.184. The Labute approximate surface area is 183 Å². The Morgan fingerprint density at radius 1 is 1.15 bits per heavy atom. The van der Waals surface area contributed by atoms with Crippen molar-refractivity contribution in [1.29, 1.82) is 0 Å². The Kier molecular flexibility index (Phi) is 8.73. The van der Waals surface area contributed by atoms with Crippen molar-refractivity contribution in [2.45, 2.75) is 19.3 Å². The second kappa shape index (κ2) is 10.4. The van der Waals surface area contributed by atoms with E-state index in [-0.39, 0.29) is 18.7 Å². The molecule has 1 aliphatic rings. The van der Waals surface area contributed by atoms with Gasteiger partial charge in [-0.15, -0.1) is 0 Å². The number of hydrogen-bond acceptors (Lipinski definition) is 11. The molecular formula is C12H20N3O15P3. The molecular weight excluding hydrogens is 519 g/mol. The summed E-state index contributed by atoms with van der Waals surface area (Å²) in [5, 5.41) is 9.05. The third-order valence-electron chi connectivity index (χ3n) is 3.88. The predicted molar refractivity (Wildman–Crippen MR) is 104 cm³/mol. The number of phosphoric ester groups is 1. The molecule has 2 rings (SSSR count). The highest BCUT2D eigenvalue weighted by atomic mass is 31.3. The average Bonchev–Trinajstić information content (AvgIpc) is 2.59. The molecule has 4 unspecified atom stereocenters. The lowest BCUT2D eigenvalue weighted by Crippen LogP contribution is -2.51. The van der Waals surface area contributed by atoms with Crippen LogP contribution in [0.2, 0.25) is 0 Å². The number of aromatic nitrogens is 2. The zero-order valence-electron chi connectivity index (χ0n) is 16.6. The number of morpholine rings is 1. The molecule has 1 aliphatic heterocycles. The fraction of sp³-hybridized carbons (Fsp3) is 0.583. The van der Waals surface area contributed by atoms with Crippen LogP contribution in [0.3, 0.4) is 0 Å². The fourth-order valence-corrected chi connectivity index (χ4v) is 5.79. The summed E-state index contributed by atoms with van der Waals surface area (Å²) in [7, 11) is -16.7. The van der Waals surface area contributed by atoms with Crippen LogP contribution in [0.4, 0.5) is 0 Å². The maximum absolute atomic E-state index is 12.1. The van der Waals surface area contributed by atoms with Crippen LogP contribution in [0.1, 0.15) is 11.8 Å². The summed E-state index contributed by atoms with van der Waals surface area (Å²) in [6, 6.07) is 0. The second-order valence-electron chi connectivity index (χ2n) is 6.67. The minimum atomic E-state index is -5.72. The van der Waals surface area contributed by atoms with Crippen molar-refractivity contribution >= 4 is 29.4 Å². The molecule has 1 saturated heterocycles. The number of rotatable bonds is 10. The molecule has 0 amide bonds. The molecule has 0 aliphatic carbocycles. The third-order valence-corrected chi connectivity index (χ3v) is 7.68. The van der Waals surface area contributed by atoms with E-state index in [2.05, 4.69) is 13.1 Å². The van der Waals surface area contributed by atoms with Gasteiger partial charge >= 0.3 is 35.1 Å². The normalized spacial score (nSPS) is 23.5. The van der Waals surface area contributed by atoms with Gasteiger partial charge in [0.25, 0.3) is 5.56 Å². The van der Waals surface area contributed by atoms with Gasteiger partial charge in [0.2, 0.25) is 0 Å². The van der Waals surface area contributed by atoms with Crippen LogP contribution in [-0.2, 0) is 36.4 Å². The van der Waals surface area contributed by atoms with Crippen molar-refractivity contribution < 1.29 is 61.1 Å². The molecule has 4 atom stereocenters. The van der Waals surface area contributed by atoms with E-state index in [1.165, 1.54) is 11.8 Å². The number of ether oxygens (including phenoxy) is 1. The number of H-pyrrole nitrogens is 1. The van der Waals surface area contributed by atoms with Crippen molar-refractivity contribution in [3.05, 3.63) is 32.6 Å². The number of carboxylic acid groups (broad SMARTS) is 1. The molecule has 1 aromatic rings. The van der Waals surface area contributed by atoms with E-state index in [1.54, 1.807) is 0 Å². The van der Waals surface area contributed by atoms with E-state index in [1.807, 2.05) is 4.98 Å². The first-order chi connectivity index (χ1) is 15.0. The smallest absolute Gasteiger partial charge is 0.480 e. The first-order valence-corrected chi connectivity index (χ1v) is 13.2. The summed E-state index contributed by atoms with van der Waals surface area (Å²) in [6.07, 6.45) is -1.21. The number of nitrogens with one attached hydrogen (secondary N) is 1. The molecule has 1 fully saturated rings. The summed E-state index contributed by atoms with van der Waals surface area (Å²) in [5.41, 5.74) is -1.39. The number of hydrogen-bond donors (Lipinski definition) is 6. The van der Waals surface area contributed by atoms with Crippen molar-refractivity contribution in [2.24, 2.45) is 0 Å². The van der Waals surface area contributed by atoms with Crippen molar-refractivity contribution in [1.82, 2.24) is 14.5 Å². The molecule has 6 N–H and O–H groups in total. The molecule has 1 aromatic heterocycles. The predicted octanol–water partition coefficient (Wildman–Crippen LogP) is -1.53. The summed E-state index contributed by atoms with van der Waals surface area (Å²) >= 11 is 0. The van der Waals surface area contributed by atoms with Gasteiger partial charge in [0.05, 0.1) is 19.3 Å². The standard InChI is InChI=1S/C12H20N3O15P3/c1-7-2-15(12(19)13-11(7)18)9-4-14(5-10(16)17)3-8(28-9)6-27-32(23,24)30-33(25,26)29-31(20,21)22/h2,8-9H,3-6H2,1H3,(H,16,17)(H,23,24)(H,25,26)(H,13,18,19)(H2,20,21,22). The molecule has 0 saturated carbocycles. The monoisotopic (exact) mass is 539 g/mol. The zero-order valence-corrected chi connectivity index (χ0v) is 19.3. The van der Waals surface area contributed by atoms with E-state index in [9.17, 15) is 33.0 Å². The number of carbonyl (C=O) groups is 1. The summed E-state index contributed by atoms with van der Waals surface area (Å²) in [6.45, 7) is -0.311. The third kappa shape index (κ3) is 8.98. The van der Waals surface area contributed by atoms with E-state index < -0.39 is 66.2 Å². The Morgan fingerprint density at radius 3 is 2.36 bits per heavy atom. The molecule has 0 spiro atoms. The van der Waals surface area contributed by atoms with Crippen molar-refractivity contribution in [3.63, 3.8) is 0 Å². The van der Waals surface area contributed by atoms with Crippen LogP contribution in [0.25, 0.3) is 0 Å². The van der Waals surface area contributed by atoms with Crippen molar-refractivity contribution in [3.8, 4) is 0 Å². The largest absolute Gasteiger partial charge is 0.490 e. The van der Waals surface area contributed by atoms with Gasteiger partial charge in [-0.3, -0.25) is 28.6 Å². The topological polar surface area (TPSA) is 264 Å². The van der Waals surface area contributed by atoms with Crippen LogP contribution in [0, 0.1) is 6.92 Å². The molecule has 0 bridgehead atoms. The number of nitrogens with zero attached hydrogens (tertiary/aromatic N) is 2. The SMILES string of the molecule is Cc1cn(C2CN(CC(=O)O)CC(COP(=O)(O)OP(=O)(O)OP(=O)(O)O)O2)c(=O)[nH]c1=O. The van der Waals surface area contributed by atoms with Gasteiger partial charge in [0.1, 0.15) is 0 Å². The Bertz CT molecular complexity index is 1140. The lowest BCUT2D eigenvalue weighted by atomic mass is 10.2. The van der Waals surface area contributed by atoms with E-state index in [0.29, 0.717) is 0 Å². The molecule has 33 heavy (non-hydrogen) atoms. The lowest BCUT2D eigenvalue weighted by molar-refractivity contribution is -0.152. The van der Waals surface area contributed by atoms with Crippen LogP contribution in [-0.4, -0.2) is 77.4 Å². The van der Waals surface area contributed by atoms with Crippen LogP contribution in [0.15, 0.2) is 15.8 Å². The van der Waals surface area contributed by atoms with Gasteiger partial charge in [-0.1, -0.05) is 0 Å². The average molecular weight is 539 g/mol. The maximum Gasteiger partial charge on any atom is 0.490 e. The first-order valence-electron chi connectivity index (χ1n) is 8.66. The number of phosphoric acid groups is 3. The van der Waals surface area contributed by atoms with Crippen molar-refractivity contribution in [2.75, 3.05) is 26.2 Å². The zero-order chi connectivity index (χ0) is 25.2. The minimum Gasteiger partial charge on any atom is -0.480 e. The molecule has 0 radical (unpaired) electrons. The second-order valence-corrected chi connectivity index (χ2v) is 11.1. The van der Waals surface area contributed by atoms with Crippen LogP contribution >= 0.6 is 23.5 Å². The van der Waals surface area contributed by atoms with Gasteiger partial charge in [0, 0.05) is 24.8 Å². The van der Waals surface area contributed by atoms with E-state index >= 15 is 0 Å². The fourth-order valence-electron chi connectivity index (χ4n) is 2.74. The lowest BCUT2D eigenvalue weighted by Gasteiger charge is -2.37. The van der Waals surface area contributed by atoms with Gasteiger partial charge in [-0.2, -0.15) is 8.62 Å². The number of aliphatic carboxylic acids is 1. The molecule has 0 aromatic carbocycles.